The Morgan fingerprint density at radius 1 is 0.509 bits per heavy atom. The quantitative estimate of drug-likeness (QED) is 0.143. The lowest BCUT2D eigenvalue weighted by molar-refractivity contribution is 0.590. The van der Waals surface area contributed by atoms with E-state index in [4.69, 9.17) is 0 Å². The Kier molecular flexibility index (Phi) is 5.88. The molecule has 7 aromatic carbocycles. The molecule has 55 heavy (non-hydrogen) atoms. The van der Waals surface area contributed by atoms with E-state index in [1.807, 2.05) is 0 Å². The van der Waals surface area contributed by atoms with E-state index < -0.39 is 8.07 Å². The molecule has 0 amide bonds. The molecular weight excluding hydrogens is 679 g/mol. The summed E-state index contributed by atoms with van der Waals surface area (Å²) in [5.74, 6) is 0. The molecule has 12 rings (SSSR count). The molecule has 2 nitrogen and oxygen atoms in total. The van der Waals surface area contributed by atoms with Crippen LogP contribution in [0.1, 0.15) is 58.2 Å². The van der Waals surface area contributed by atoms with E-state index in [-0.39, 0.29) is 17.7 Å². The Labute approximate surface area is 325 Å². The van der Waals surface area contributed by atoms with Crippen LogP contribution in [0.4, 0.5) is 11.4 Å². The zero-order valence-corrected chi connectivity index (χ0v) is 33.7. The molecule has 0 N–H and O–H groups in total. The summed E-state index contributed by atoms with van der Waals surface area (Å²) >= 11 is 0. The number of aryl methyl sites for hydroxylation is 1. The van der Waals surface area contributed by atoms with Crippen molar-refractivity contribution in [2.75, 3.05) is 4.81 Å². The fraction of sp³-hybridized carbons (Fsp3) is 0.176. The number of hydrogen-bond acceptors (Lipinski definition) is 1. The van der Waals surface area contributed by atoms with Crippen molar-refractivity contribution in [2.24, 2.45) is 0 Å². The molecule has 0 radical (unpaired) electrons. The van der Waals surface area contributed by atoms with Crippen molar-refractivity contribution in [1.82, 2.24) is 4.57 Å². The minimum atomic E-state index is -2.70. The maximum atomic E-state index is 2.80. The molecular formula is C51H43BN2Si. The highest BCUT2D eigenvalue weighted by Gasteiger charge is 2.57. The van der Waals surface area contributed by atoms with E-state index in [0.717, 1.165) is 0 Å². The summed E-state index contributed by atoms with van der Waals surface area (Å²) in [4.78, 5) is 2.80. The smallest absolute Gasteiger partial charge is 0.333 e. The van der Waals surface area contributed by atoms with Crippen LogP contribution < -0.4 is 36.5 Å². The molecule has 264 valence electrons. The number of aromatic nitrogens is 1. The second-order valence-electron chi connectivity index (χ2n) is 18.6. The average Bonchev–Trinajstić information content (AvgIpc) is 3.66. The van der Waals surface area contributed by atoms with E-state index in [2.05, 4.69) is 191 Å². The van der Waals surface area contributed by atoms with Gasteiger partial charge in [-0.05, 0) is 113 Å². The molecule has 0 unspecified atom stereocenters. The van der Waals surface area contributed by atoms with Gasteiger partial charge in [-0.15, -0.1) is 0 Å². The van der Waals surface area contributed by atoms with Crippen LogP contribution in [-0.2, 0) is 10.8 Å². The van der Waals surface area contributed by atoms with Crippen LogP contribution >= 0.6 is 0 Å². The van der Waals surface area contributed by atoms with Gasteiger partial charge in [0.25, 0.3) is 0 Å². The summed E-state index contributed by atoms with van der Waals surface area (Å²) in [7, 11) is -2.70. The van der Waals surface area contributed by atoms with E-state index in [1.54, 1.807) is 0 Å². The van der Waals surface area contributed by atoms with Gasteiger partial charge >= 0.3 is 6.85 Å². The predicted molar refractivity (Wildman–Crippen MR) is 238 cm³/mol. The zero-order valence-electron chi connectivity index (χ0n) is 32.7. The third-order valence-corrected chi connectivity index (χ3v) is 18.4. The first-order chi connectivity index (χ1) is 26.5. The standard InChI is InChI=1S/C51H43BN2Si/c1-30-25-37-35-17-14-22-46-49(35)54(41-18-10-13-21-45(41)55(46)43-19-11-8-15-33(43)34-16-9-12-20-44(34)55)52-39-29-32(51(5,6)7)28-38-36-27-31(50(2,3)4)23-24-40(36)53(48(38)39)42(26-30)47(37)52/h8-29H,1-7H3. The van der Waals surface area contributed by atoms with Gasteiger partial charge in [0.2, 0.25) is 0 Å². The molecule has 4 aliphatic rings. The van der Waals surface area contributed by atoms with Gasteiger partial charge in [-0.25, -0.2) is 0 Å². The highest BCUT2D eigenvalue weighted by molar-refractivity contribution is 7.24. The molecule has 4 aliphatic heterocycles. The third kappa shape index (κ3) is 3.77. The van der Waals surface area contributed by atoms with Crippen LogP contribution in [0, 0.1) is 6.92 Å². The topological polar surface area (TPSA) is 8.17 Å². The second-order valence-corrected chi connectivity index (χ2v) is 22.3. The first-order valence-corrected chi connectivity index (χ1v) is 22.0. The van der Waals surface area contributed by atoms with Gasteiger partial charge in [-0.3, -0.25) is 0 Å². The fourth-order valence-electron chi connectivity index (χ4n) is 11.1. The van der Waals surface area contributed by atoms with Crippen molar-refractivity contribution >= 4 is 79.8 Å². The Morgan fingerprint density at radius 3 is 1.84 bits per heavy atom. The van der Waals surface area contributed by atoms with Crippen LogP contribution in [0.25, 0.3) is 49.7 Å². The SMILES string of the molecule is Cc1cc2c3c(c1)-n1c4ccc(C(C)(C)C)cc4c4cc(C(C)(C)C)cc(c41)B3N1c3ccccc3[Si]3(c4ccccc4-c4ccccc43)c3cccc-2c31. The normalized spacial score (nSPS) is 15.3. The molecule has 5 heterocycles. The largest absolute Gasteiger partial charge is 0.376 e. The Bertz CT molecular complexity index is 3000. The van der Waals surface area contributed by atoms with Crippen LogP contribution in [0.2, 0.25) is 0 Å². The number of anilines is 2. The summed E-state index contributed by atoms with van der Waals surface area (Å²) in [5, 5.41) is 8.76. The van der Waals surface area contributed by atoms with Crippen LogP contribution in [0.5, 0.6) is 0 Å². The molecule has 4 heteroatoms. The summed E-state index contributed by atoms with van der Waals surface area (Å²) in [6, 6.07) is 52.7. The van der Waals surface area contributed by atoms with Gasteiger partial charge in [0.1, 0.15) is 0 Å². The third-order valence-electron chi connectivity index (χ3n) is 13.5. The summed E-state index contributed by atoms with van der Waals surface area (Å²) in [6.07, 6.45) is 0. The van der Waals surface area contributed by atoms with Gasteiger partial charge in [-0.1, -0.05) is 145 Å². The first-order valence-electron chi connectivity index (χ1n) is 20.0. The van der Waals surface area contributed by atoms with Crippen molar-refractivity contribution in [1.29, 1.82) is 0 Å². The first kappa shape index (κ1) is 31.7. The van der Waals surface area contributed by atoms with Crippen molar-refractivity contribution in [2.45, 2.75) is 59.3 Å². The van der Waals surface area contributed by atoms with E-state index >= 15 is 0 Å². The molecule has 0 saturated carbocycles. The Balaban J connectivity index is 1.27. The number of nitrogens with zero attached hydrogens (tertiary/aromatic N) is 2. The van der Waals surface area contributed by atoms with Gasteiger partial charge in [-0.2, -0.15) is 0 Å². The van der Waals surface area contributed by atoms with Gasteiger partial charge < -0.3 is 9.38 Å². The Hall–Kier alpha value is -5.58. The number of para-hydroxylation sites is 2. The zero-order chi connectivity index (χ0) is 37.3. The van der Waals surface area contributed by atoms with Crippen molar-refractivity contribution < 1.29 is 0 Å². The lowest BCUT2D eigenvalue weighted by Gasteiger charge is -2.50. The highest BCUT2D eigenvalue weighted by Crippen LogP contribution is 2.48. The van der Waals surface area contributed by atoms with E-state index in [1.165, 1.54) is 109 Å². The molecule has 0 atom stereocenters. The number of benzene rings is 7. The maximum Gasteiger partial charge on any atom is 0.333 e. The highest BCUT2D eigenvalue weighted by atomic mass is 28.3. The van der Waals surface area contributed by atoms with Crippen molar-refractivity contribution in [3.8, 4) is 27.9 Å². The van der Waals surface area contributed by atoms with Crippen molar-refractivity contribution in [3.05, 3.63) is 150 Å². The predicted octanol–water partition coefficient (Wildman–Crippen LogP) is 8.60. The van der Waals surface area contributed by atoms with Gasteiger partial charge in [0.05, 0.1) is 11.0 Å². The lowest BCUT2D eigenvalue weighted by atomic mass is 9.43. The fourth-order valence-corrected chi connectivity index (χ4v) is 16.7. The Morgan fingerprint density at radius 2 is 1.13 bits per heavy atom. The number of fused-ring (bicyclic) bond motifs is 16. The summed E-state index contributed by atoms with van der Waals surface area (Å²) < 4.78 is 2.63. The van der Waals surface area contributed by atoms with E-state index in [0.29, 0.717) is 0 Å². The lowest BCUT2D eigenvalue weighted by Crippen LogP contribution is -2.78. The number of hydrogen-bond donors (Lipinski definition) is 0. The minimum Gasteiger partial charge on any atom is -0.376 e. The maximum absolute atomic E-state index is 2.80. The molecule has 0 saturated heterocycles. The molecule has 8 aromatic rings. The number of rotatable bonds is 0. The van der Waals surface area contributed by atoms with Gasteiger partial charge in [0, 0.05) is 33.4 Å². The van der Waals surface area contributed by atoms with E-state index in [9.17, 15) is 0 Å². The molecule has 0 aliphatic carbocycles. The minimum absolute atomic E-state index is 0.0161. The summed E-state index contributed by atoms with van der Waals surface area (Å²) in [5.41, 5.74) is 19.2. The van der Waals surface area contributed by atoms with Crippen LogP contribution in [0.15, 0.2) is 133 Å². The average molecular weight is 723 g/mol. The van der Waals surface area contributed by atoms with Crippen molar-refractivity contribution in [3.63, 3.8) is 0 Å². The van der Waals surface area contributed by atoms with Crippen LogP contribution in [-0.4, -0.2) is 19.5 Å². The van der Waals surface area contributed by atoms with Gasteiger partial charge in [0.15, 0.2) is 8.07 Å². The monoisotopic (exact) mass is 722 g/mol. The molecule has 0 fully saturated rings. The molecule has 1 aromatic heterocycles. The molecule has 1 spiro atoms. The molecule has 0 bridgehead atoms. The second kappa shape index (κ2) is 10.2. The van der Waals surface area contributed by atoms with Crippen LogP contribution in [0.3, 0.4) is 0 Å². The summed E-state index contributed by atoms with van der Waals surface area (Å²) in [6.45, 7) is 16.4.